The van der Waals surface area contributed by atoms with Crippen molar-refractivity contribution in [2.75, 3.05) is 12.0 Å². The predicted octanol–water partition coefficient (Wildman–Crippen LogP) is 3.65. The molecule has 2 atom stereocenters. The minimum absolute atomic E-state index is 0.330. The normalized spacial score (nSPS) is 23.4. The molecule has 0 saturated heterocycles. The molecule has 2 rings (SSSR count). The van der Waals surface area contributed by atoms with Crippen molar-refractivity contribution in [2.24, 2.45) is 5.41 Å². The van der Waals surface area contributed by atoms with Gasteiger partial charge in [-0.3, -0.25) is 0 Å². The number of benzene rings is 1. The number of hydrogen-bond donors (Lipinski definition) is 1. The third kappa shape index (κ3) is 2.69. The molecule has 0 spiro atoms. The summed E-state index contributed by atoms with van der Waals surface area (Å²) in [6.45, 7) is 7.03. The molecule has 1 aliphatic carbocycles. The highest BCUT2D eigenvalue weighted by atomic mass is 32.2. The van der Waals surface area contributed by atoms with Crippen LogP contribution < -0.4 is 5.32 Å². The first kappa shape index (κ1) is 13.0. The fourth-order valence-electron chi connectivity index (χ4n) is 2.89. The zero-order valence-corrected chi connectivity index (χ0v) is 12.1. The molecule has 0 radical (unpaired) electrons. The molecule has 1 aliphatic rings. The van der Waals surface area contributed by atoms with Crippen LogP contribution in [0.1, 0.15) is 37.9 Å². The van der Waals surface area contributed by atoms with E-state index in [-0.39, 0.29) is 0 Å². The van der Waals surface area contributed by atoms with Gasteiger partial charge in [0.2, 0.25) is 0 Å². The van der Waals surface area contributed by atoms with Gasteiger partial charge in [-0.05, 0) is 36.1 Å². The van der Waals surface area contributed by atoms with E-state index in [1.807, 2.05) is 11.8 Å². The van der Waals surface area contributed by atoms with Crippen molar-refractivity contribution in [1.29, 1.82) is 0 Å². The van der Waals surface area contributed by atoms with E-state index < -0.39 is 0 Å². The van der Waals surface area contributed by atoms with E-state index in [4.69, 9.17) is 0 Å². The van der Waals surface area contributed by atoms with Crippen LogP contribution in [0.15, 0.2) is 24.3 Å². The average molecular weight is 249 g/mol. The van der Waals surface area contributed by atoms with Gasteiger partial charge in [0, 0.05) is 17.8 Å². The minimum atomic E-state index is 0.330. The monoisotopic (exact) mass is 249 g/mol. The van der Waals surface area contributed by atoms with Gasteiger partial charge in [0.25, 0.3) is 0 Å². The Bertz CT molecular complexity index is 386. The summed E-state index contributed by atoms with van der Waals surface area (Å²) in [6, 6.07) is 9.95. The molecular formula is C15H23NS. The third-order valence-electron chi connectivity index (χ3n) is 3.66. The molecule has 0 bridgehead atoms. The highest BCUT2D eigenvalue weighted by molar-refractivity contribution is 7.98. The molecule has 2 heteroatoms. The summed E-state index contributed by atoms with van der Waals surface area (Å²) in [5.74, 6) is 1.18. The van der Waals surface area contributed by atoms with Crippen LogP contribution >= 0.6 is 11.8 Å². The van der Waals surface area contributed by atoms with Crippen LogP contribution in [0.3, 0.4) is 0 Å². The van der Waals surface area contributed by atoms with Gasteiger partial charge in [-0.2, -0.15) is 11.8 Å². The maximum atomic E-state index is 3.81. The van der Waals surface area contributed by atoms with E-state index in [1.54, 1.807) is 0 Å². The van der Waals surface area contributed by atoms with Crippen LogP contribution in [0.2, 0.25) is 0 Å². The maximum absolute atomic E-state index is 3.81. The molecule has 0 aromatic heterocycles. The molecule has 0 aliphatic heterocycles. The van der Waals surface area contributed by atoms with E-state index in [2.05, 4.69) is 56.6 Å². The summed E-state index contributed by atoms with van der Waals surface area (Å²) < 4.78 is 0. The van der Waals surface area contributed by atoms with Gasteiger partial charge in [-0.15, -0.1) is 0 Å². The van der Waals surface area contributed by atoms with E-state index in [0.29, 0.717) is 17.5 Å². The van der Waals surface area contributed by atoms with Gasteiger partial charge in [0.15, 0.2) is 0 Å². The Hall–Kier alpha value is -0.470. The Labute approximate surface area is 109 Å². The smallest absolute Gasteiger partial charge is 0.0380 e. The Kier molecular flexibility index (Phi) is 3.84. The Morgan fingerprint density at radius 2 is 2.12 bits per heavy atom. The largest absolute Gasteiger partial charge is 0.306 e. The van der Waals surface area contributed by atoms with Gasteiger partial charge in [-0.1, -0.05) is 38.1 Å². The Balaban J connectivity index is 2.19. The molecule has 2 unspecified atom stereocenters. The highest BCUT2D eigenvalue weighted by Gasteiger charge is 2.38. The van der Waals surface area contributed by atoms with Gasteiger partial charge in [0.1, 0.15) is 0 Å². The van der Waals surface area contributed by atoms with Crippen LogP contribution in [0.4, 0.5) is 0 Å². The first-order valence-corrected chi connectivity index (χ1v) is 7.77. The summed E-state index contributed by atoms with van der Waals surface area (Å²) in [5, 5.41) is 3.81. The van der Waals surface area contributed by atoms with E-state index in [0.717, 1.165) is 0 Å². The van der Waals surface area contributed by atoms with Crippen molar-refractivity contribution in [2.45, 2.75) is 39.3 Å². The second kappa shape index (κ2) is 5.03. The predicted molar refractivity (Wildman–Crippen MR) is 77.6 cm³/mol. The average Bonchev–Trinajstić information content (AvgIpc) is 2.51. The van der Waals surface area contributed by atoms with Crippen LogP contribution in [-0.2, 0) is 6.42 Å². The first-order valence-electron chi connectivity index (χ1n) is 6.37. The molecule has 1 nitrogen and oxygen atoms in total. The van der Waals surface area contributed by atoms with E-state index in [9.17, 15) is 0 Å². The van der Waals surface area contributed by atoms with Crippen LogP contribution in [0.25, 0.3) is 0 Å². The second-order valence-electron chi connectivity index (χ2n) is 5.82. The van der Waals surface area contributed by atoms with Crippen molar-refractivity contribution in [3.63, 3.8) is 0 Å². The lowest BCUT2D eigenvalue weighted by molar-refractivity contribution is 0.257. The number of nitrogens with one attached hydrogen (secondary N) is 1. The fourth-order valence-corrected chi connectivity index (χ4v) is 3.48. The molecule has 94 valence electrons. The lowest BCUT2D eigenvalue weighted by atomic mass is 9.85. The third-order valence-corrected chi connectivity index (χ3v) is 4.49. The molecule has 0 fully saturated rings. The van der Waals surface area contributed by atoms with Crippen LogP contribution in [0, 0.1) is 5.41 Å². The molecule has 1 N–H and O–H groups in total. The lowest BCUT2D eigenvalue weighted by Crippen LogP contribution is -2.38. The zero-order valence-electron chi connectivity index (χ0n) is 11.3. The standard InChI is InChI=1S/C15H23NS/c1-11(10-17-4)16-14-13-8-6-5-7-12(13)9-15(14,2)3/h5-8,11,14,16H,9-10H2,1-4H3. The van der Waals surface area contributed by atoms with E-state index >= 15 is 0 Å². The van der Waals surface area contributed by atoms with Gasteiger partial charge in [0.05, 0.1) is 0 Å². The Morgan fingerprint density at radius 3 is 2.82 bits per heavy atom. The number of hydrogen-bond acceptors (Lipinski definition) is 2. The summed E-state index contributed by atoms with van der Waals surface area (Å²) in [7, 11) is 0. The van der Waals surface area contributed by atoms with Crippen molar-refractivity contribution < 1.29 is 0 Å². The minimum Gasteiger partial charge on any atom is -0.306 e. The quantitative estimate of drug-likeness (QED) is 0.874. The molecule has 1 aromatic rings. The number of fused-ring (bicyclic) bond motifs is 1. The summed E-state index contributed by atoms with van der Waals surface area (Å²) in [6.07, 6.45) is 3.36. The molecule has 0 heterocycles. The summed E-state index contributed by atoms with van der Waals surface area (Å²) >= 11 is 1.91. The van der Waals surface area contributed by atoms with Crippen molar-refractivity contribution >= 4 is 11.8 Å². The number of rotatable bonds is 4. The summed E-state index contributed by atoms with van der Waals surface area (Å²) in [4.78, 5) is 0. The highest BCUT2D eigenvalue weighted by Crippen LogP contribution is 2.45. The fraction of sp³-hybridized carbons (Fsp3) is 0.600. The topological polar surface area (TPSA) is 12.0 Å². The molecule has 0 saturated carbocycles. The first-order chi connectivity index (χ1) is 8.04. The van der Waals surface area contributed by atoms with Crippen molar-refractivity contribution in [3.8, 4) is 0 Å². The molecular weight excluding hydrogens is 226 g/mol. The van der Waals surface area contributed by atoms with Gasteiger partial charge < -0.3 is 5.32 Å². The summed E-state index contributed by atoms with van der Waals surface area (Å²) in [5.41, 5.74) is 3.35. The number of thioether (sulfide) groups is 1. The molecule has 0 amide bonds. The maximum Gasteiger partial charge on any atom is 0.0380 e. The second-order valence-corrected chi connectivity index (χ2v) is 6.73. The van der Waals surface area contributed by atoms with Gasteiger partial charge >= 0.3 is 0 Å². The van der Waals surface area contributed by atoms with Crippen molar-refractivity contribution in [3.05, 3.63) is 35.4 Å². The molecule has 17 heavy (non-hydrogen) atoms. The molecule has 1 aromatic carbocycles. The van der Waals surface area contributed by atoms with E-state index in [1.165, 1.54) is 23.3 Å². The van der Waals surface area contributed by atoms with Gasteiger partial charge in [-0.25, -0.2) is 0 Å². The van der Waals surface area contributed by atoms with Crippen LogP contribution in [0.5, 0.6) is 0 Å². The SMILES string of the molecule is CSCC(C)NC1c2ccccc2CC1(C)C. The van der Waals surface area contributed by atoms with Crippen molar-refractivity contribution in [1.82, 2.24) is 5.32 Å². The lowest BCUT2D eigenvalue weighted by Gasteiger charge is -2.31. The zero-order chi connectivity index (χ0) is 12.5. The Morgan fingerprint density at radius 1 is 1.41 bits per heavy atom. The van der Waals surface area contributed by atoms with Crippen LogP contribution in [-0.4, -0.2) is 18.1 Å².